The number of cyclic esters (lactones) is 2. The molecule has 1 aliphatic heterocycles. The second-order valence-corrected chi connectivity index (χ2v) is 2.49. The Morgan fingerprint density at radius 1 is 1.25 bits per heavy atom. The van der Waals surface area contributed by atoms with Gasteiger partial charge in [-0.2, -0.15) is 0 Å². The van der Waals surface area contributed by atoms with Crippen molar-refractivity contribution in [3.63, 3.8) is 0 Å². The fourth-order valence-electron chi connectivity index (χ4n) is 0.303. The first kappa shape index (κ1) is 16.1. The molecule has 7 nitrogen and oxygen atoms in total. The molecule has 0 bridgehead atoms. The smallest absolute Gasteiger partial charge is 0.338 e. The lowest BCUT2D eigenvalue weighted by molar-refractivity contribution is -0.150. The highest BCUT2D eigenvalue weighted by molar-refractivity contribution is 6.04. The van der Waals surface area contributed by atoms with E-state index in [1.54, 1.807) is 0 Å². The zero-order valence-electron chi connectivity index (χ0n) is 8.93. The molecule has 1 heterocycles. The first-order chi connectivity index (χ1) is 7.29. The van der Waals surface area contributed by atoms with Gasteiger partial charge in [-0.15, -0.1) is 0 Å². The fraction of sp³-hybridized carbons (Fsp3) is 0.222. The lowest BCUT2D eigenvalue weighted by Crippen LogP contribution is -2.18. The summed E-state index contributed by atoms with van der Waals surface area (Å²) in [6.07, 6.45) is 3.06. The summed E-state index contributed by atoms with van der Waals surface area (Å²) < 4.78 is 3.97. The number of amides is 2. The monoisotopic (exact) mass is 229 g/mol. The van der Waals surface area contributed by atoms with Crippen molar-refractivity contribution in [2.45, 2.75) is 13.3 Å². The molecule has 0 atom stereocenters. The minimum Gasteiger partial charge on any atom is -0.403 e. The highest BCUT2D eigenvalue weighted by Crippen LogP contribution is 1.92. The van der Waals surface area contributed by atoms with Gasteiger partial charge < -0.3 is 21.9 Å². The Bertz CT molecular complexity index is 290. The zero-order valence-corrected chi connectivity index (χ0v) is 8.93. The summed E-state index contributed by atoms with van der Waals surface area (Å²) in [7, 11) is 0. The van der Waals surface area contributed by atoms with Gasteiger partial charge in [0, 0.05) is 17.8 Å². The third-order valence-corrected chi connectivity index (χ3v) is 1.01. The maximum Gasteiger partial charge on any atom is 0.338 e. The van der Waals surface area contributed by atoms with Gasteiger partial charge in [0.25, 0.3) is 0 Å². The molecule has 1 rings (SSSR count). The molecule has 0 saturated heterocycles. The number of carbonyl (C=O) groups excluding carboxylic acids is 3. The third kappa shape index (κ3) is 17.7. The number of carbonyl (C=O) groups is 3. The van der Waals surface area contributed by atoms with Crippen molar-refractivity contribution < 1.29 is 19.1 Å². The summed E-state index contributed by atoms with van der Waals surface area (Å²) in [5.41, 5.74) is 14.4. The van der Waals surface area contributed by atoms with Crippen LogP contribution < -0.4 is 17.2 Å². The van der Waals surface area contributed by atoms with E-state index in [2.05, 4.69) is 22.8 Å². The van der Waals surface area contributed by atoms with Crippen LogP contribution in [0.2, 0.25) is 0 Å². The van der Waals surface area contributed by atoms with Gasteiger partial charge in [-0.3, -0.25) is 0 Å². The van der Waals surface area contributed by atoms with E-state index in [9.17, 15) is 9.59 Å². The van der Waals surface area contributed by atoms with E-state index in [0.717, 1.165) is 24.3 Å². The predicted molar refractivity (Wildman–Crippen MR) is 57.6 cm³/mol. The molecule has 0 saturated carbocycles. The second-order valence-electron chi connectivity index (χ2n) is 2.49. The zero-order chi connectivity index (χ0) is 13.1. The number of urea groups is 1. The van der Waals surface area contributed by atoms with Gasteiger partial charge in [-0.05, 0) is 6.42 Å². The van der Waals surface area contributed by atoms with E-state index in [-0.39, 0.29) is 0 Å². The summed E-state index contributed by atoms with van der Waals surface area (Å²) in [6, 6.07) is -0.833. The maximum atomic E-state index is 9.92. The summed E-state index contributed by atoms with van der Waals surface area (Å²) >= 11 is 0. The Labute approximate surface area is 92.9 Å². The second kappa shape index (κ2) is 9.25. The third-order valence-electron chi connectivity index (χ3n) is 1.01. The average molecular weight is 229 g/mol. The van der Waals surface area contributed by atoms with E-state index >= 15 is 0 Å². The van der Waals surface area contributed by atoms with Gasteiger partial charge in [0.1, 0.15) is 0 Å². The molecular formula is C9H15N3O4. The summed E-state index contributed by atoms with van der Waals surface area (Å²) in [5.74, 6) is -1.16. The molecule has 0 spiro atoms. The number of esters is 2. The highest BCUT2D eigenvalue weighted by atomic mass is 16.6. The first-order valence-corrected chi connectivity index (χ1v) is 4.21. The molecule has 2 amide bonds. The molecule has 6 N–H and O–H groups in total. The van der Waals surface area contributed by atoms with E-state index in [1.807, 2.05) is 6.92 Å². The van der Waals surface area contributed by atoms with Gasteiger partial charge in [0.15, 0.2) is 0 Å². The van der Waals surface area contributed by atoms with Crippen molar-refractivity contribution in [2.24, 2.45) is 17.2 Å². The molecule has 0 fully saturated rings. The molecule has 0 aliphatic carbocycles. The van der Waals surface area contributed by atoms with Crippen molar-refractivity contribution in [1.29, 1.82) is 0 Å². The Morgan fingerprint density at radius 3 is 1.56 bits per heavy atom. The maximum absolute atomic E-state index is 9.92. The quantitative estimate of drug-likeness (QED) is 0.411. The molecule has 0 aromatic rings. The number of hydrogen-bond acceptors (Lipinski definition) is 5. The van der Waals surface area contributed by atoms with Crippen LogP contribution in [-0.4, -0.2) is 18.0 Å². The van der Waals surface area contributed by atoms with E-state index in [0.29, 0.717) is 0 Å². The SMILES string of the molecule is C=C(N)CC.NC(N)=O.O=C1C=CC(=O)O1. The van der Waals surface area contributed by atoms with E-state index < -0.39 is 18.0 Å². The lowest BCUT2D eigenvalue weighted by atomic mass is 10.4. The Morgan fingerprint density at radius 2 is 1.50 bits per heavy atom. The number of ether oxygens (including phenoxy) is 1. The molecular weight excluding hydrogens is 214 g/mol. The number of allylic oxidation sites excluding steroid dienone is 1. The molecule has 0 radical (unpaired) electrons. The number of rotatable bonds is 1. The van der Waals surface area contributed by atoms with Crippen LogP contribution in [0.25, 0.3) is 0 Å². The minimum atomic E-state index is -0.833. The van der Waals surface area contributed by atoms with Crippen LogP contribution in [0.1, 0.15) is 13.3 Å². The minimum absolute atomic E-state index is 0.579. The number of nitrogens with two attached hydrogens (primary N) is 3. The van der Waals surface area contributed by atoms with Crippen LogP contribution in [0.5, 0.6) is 0 Å². The fourth-order valence-corrected chi connectivity index (χ4v) is 0.303. The molecule has 0 aromatic heterocycles. The standard InChI is InChI=1S/C4H9N.C4H2O3.CH4N2O/c1-3-4(2)5;5-3-1-2-4(6)7-3;2-1(3)4/h2-3,5H2,1H3;1-2H;(H4,2,3,4). The van der Waals surface area contributed by atoms with Crippen molar-refractivity contribution in [2.75, 3.05) is 0 Å². The average Bonchev–Trinajstić information content (AvgIpc) is 2.50. The van der Waals surface area contributed by atoms with Crippen molar-refractivity contribution in [3.05, 3.63) is 24.4 Å². The van der Waals surface area contributed by atoms with Gasteiger partial charge in [0.2, 0.25) is 0 Å². The van der Waals surface area contributed by atoms with Crippen LogP contribution in [0.15, 0.2) is 24.4 Å². The predicted octanol–water partition coefficient (Wildman–Crippen LogP) is -0.481. The topological polar surface area (TPSA) is 138 Å². The van der Waals surface area contributed by atoms with E-state index in [4.69, 9.17) is 10.5 Å². The van der Waals surface area contributed by atoms with Gasteiger partial charge >= 0.3 is 18.0 Å². The highest BCUT2D eigenvalue weighted by Gasteiger charge is 2.10. The number of primary amides is 2. The van der Waals surface area contributed by atoms with Gasteiger partial charge in [-0.25, -0.2) is 14.4 Å². The van der Waals surface area contributed by atoms with Crippen LogP contribution in [0.4, 0.5) is 4.79 Å². The summed E-state index contributed by atoms with van der Waals surface area (Å²) in [6.45, 7) is 5.43. The largest absolute Gasteiger partial charge is 0.403 e. The molecule has 16 heavy (non-hydrogen) atoms. The van der Waals surface area contributed by atoms with Crippen molar-refractivity contribution in [3.8, 4) is 0 Å². The Hall–Kier alpha value is -2.31. The van der Waals surface area contributed by atoms with Crippen molar-refractivity contribution in [1.82, 2.24) is 0 Å². The van der Waals surface area contributed by atoms with Crippen LogP contribution >= 0.6 is 0 Å². The van der Waals surface area contributed by atoms with Gasteiger partial charge in [-0.1, -0.05) is 13.5 Å². The molecule has 7 heteroatoms. The van der Waals surface area contributed by atoms with E-state index in [1.165, 1.54) is 0 Å². The van der Waals surface area contributed by atoms with Crippen LogP contribution in [0.3, 0.4) is 0 Å². The lowest BCUT2D eigenvalue weighted by Gasteiger charge is -1.81. The molecule has 0 unspecified atom stereocenters. The first-order valence-electron chi connectivity index (χ1n) is 4.21. The Kier molecular flexibility index (Phi) is 9.33. The number of hydrogen-bond donors (Lipinski definition) is 3. The molecule has 90 valence electrons. The van der Waals surface area contributed by atoms with Crippen LogP contribution in [0, 0.1) is 0 Å². The summed E-state index contributed by atoms with van der Waals surface area (Å²) in [5, 5.41) is 0. The van der Waals surface area contributed by atoms with Crippen LogP contribution in [-0.2, 0) is 14.3 Å². The molecule has 0 aromatic carbocycles. The normalized spacial score (nSPS) is 11.6. The molecule has 1 aliphatic rings. The Balaban J connectivity index is 0. The summed E-state index contributed by atoms with van der Waals surface area (Å²) in [4.78, 5) is 28.8. The van der Waals surface area contributed by atoms with Gasteiger partial charge in [0.05, 0.1) is 0 Å². The van der Waals surface area contributed by atoms with Crippen molar-refractivity contribution >= 4 is 18.0 Å².